The minimum atomic E-state index is 0.0468. The maximum absolute atomic E-state index is 12.6. The van der Waals surface area contributed by atoms with E-state index in [1.165, 1.54) is 0 Å². The SMILES string of the molecule is Cc1cc(N)n(CC(=O)N2CCC(c3nnc(Cn4cccn4)n3C)CC2)n1. The molecule has 4 heterocycles. The van der Waals surface area contributed by atoms with Crippen molar-refractivity contribution >= 4 is 11.7 Å². The molecule has 0 radical (unpaired) electrons. The van der Waals surface area contributed by atoms with E-state index in [0.29, 0.717) is 31.4 Å². The van der Waals surface area contributed by atoms with Crippen LogP contribution < -0.4 is 5.73 Å². The summed E-state index contributed by atoms with van der Waals surface area (Å²) in [6.07, 6.45) is 5.40. The Bertz CT molecular complexity index is 948. The molecular weight excluding hydrogens is 358 g/mol. The van der Waals surface area contributed by atoms with Crippen LogP contribution in [-0.2, 0) is 24.9 Å². The van der Waals surface area contributed by atoms with Crippen molar-refractivity contribution in [2.75, 3.05) is 18.8 Å². The summed E-state index contributed by atoms with van der Waals surface area (Å²) >= 11 is 0. The molecule has 3 aromatic rings. The number of nitrogens with zero attached hydrogens (tertiary/aromatic N) is 8. The van der Waals surface area contributed by atoms with Crippen molar-refractivity contribution < 1.29 is 4.79 Å². The Kier molecular flexibility index (Phi) is 4.84. The van der Waals surface area contributed by atoms with Gasteiger partial charge in [0.1, 0.15) is 24.7 Å². The smallest absolute Gasteiger partial charge is 0.244 e. The van der Waals surface area contributed by atoms with Crippen molar-refractivity contribution in [2.24, 2.45) is 7.05 Å². The Morgan fingerprint density at radius 3 is 2.71 bits per heavy atom. The molecule has 1 aliphatic heterocycles. The summed E-state index contributed by atoms with van der Waals surface area (Å²) in [6.45, 7) is 4.04. The van der Waals surface area contributed by atoms with Crippen LogP contribution in [0.15, 0.2) is 24.5 Å². The molecular formula is C18H25N9O. The van der Waals surface area contributed by atoms with Crippen LogP contribution in [0.1, 0.15) is 36.1 Å². The normalized spacial score (nSPS) is 15.3. The van der Waals surface area contributed by atoms with Crippen LogP contribution in [0.5, 0.6) is 0 Å². The molecule has 1 amide bonds. The van der Waals surface area contributed by atoms with Crippen molar-refractivity contribution in [3.63, 3.8) is 0 Å². The Morgan fingerprint density at radius 1 is 1.29 bits per heavy atom. The van der Waals surface area contributed by atoms with Gasteiger partial charge in [0.25, 0.3) is 0 Å². The topological polar surface area (TPSA) is 113 Å². The van der Waals surface area contributed by atoms with Gasteiger partial charge in [0.05, 0.1) is 5.69 Å². The minimum Gasteiger partial charge on any atom is -0.384 e. The van der Waals surface area contributed by atoms with Gasteiger partial charge in [0.15, 0.2) is 5.82 Å². The molecule has 1 aliphatic rings. The van der Waals surface area contributed by atoms with E-state index in [9.17, 15) is 4.79 Å². The van der Waals surface area contributed by atoms with E-state index in [0.717, 1.165) is 30.2 Å². The molecule has 10 nitrogen and oxygen atoms in total. The summed E-state index contributed by atoms with van der Waals surface area (Å²) in [5.74, 6) is 2.71. The first-order valence-corrected chi connectivity index (χ1v) is 9.44. The molecule has 0 aromatic carbocycles. The van der Waals surface area contributed by atoms with Gasteiger partial charge in [-0.3, -0.25) is 9.48 Å². The van der Waals surface area contributed by atoms with E-state index in [-0.39, 0.29) is 12.5 Å². The monoisotopic (exact) mass is 383 g/mol. The zero-order chi connectivity index (χ0) is 19.7. The van der Waals surface area contributed by atoms with Crippen molar-refractivity contribution in [3.05, 3.63) is 41.9 Å². The minimum absolute atomic E-state index is 0.0468. The second-order valence-corrected chi connectivity index (χ2v) is 7.26. The fourth-order valence-electron chi connectivity index (χ4n) is 3.71. The van der Waals surface area contributed by atoms with Gasteiger partial charge in [-0.25, -0.2) is 4.68 Å². The van der Waals surface area contributed by atoms with Gasteiger partial charge in [-0.1, -0.05) is 0 Å². The van der Waals surface area contributed by atoms with Gasteiger partial charge in [-0.05, 0) is 25.8 Å². The Balaban J connectivity index is 1.36. The lowest BCUT2D eigenvalue weighted by atomic mass is 9.96. The van der Waals surface area contributed by atoms with E-state index in [1.807, 2.05) is 35.8 Å². The van der Waals surface area contributed by atoms with Crippen LogP contribution in [0, 0.1) is 6.92 Å². The number of likely N-dealkylation sites (tertiary alicyclic amines) is 1. The number of aromatic nitrogens is 7. The van der Waals surface area contributed by atoms with Gasteiger partial charge in [0, 0.05) is 44.5 Å². The third kappa shape index (κ3) is 3.62. The highest BCUT2D eigenvalue weighted by molar-refractivity contribution is 5.76. The van der Waals surface area contributed by atoms with Gasteiger partial charge in [-0.15, -0.1) is 10.2 Å². The van der Waals surface area contributed by atoms with E-state index in [4.69, 9.17) is 5.73 Å². The summed E-state index contributed by atoms with van der Waals surface area (Å²) in [5, 5.41) is 17.2. The number of hydrogen-bond donors (Lipinski definition) is 1. The van der Waals surface area contributed by atoms with Gasteiger partial charge in [-0.2, -0.15) is 10.2 Å². The Labute approximate surface area is 162 Å². The molecule has 0 saturated carbocycles. The van der Waals surface area contributed by atoms with Crippen LogP contribution >= 0.6 is 0 Å². The van der Waals surface area contributed by atoms with Crippen molar-refractivity contribution in [3.8, 4) is 0 Å². The molecule has 148 valence electrons. The predicted octanol–water partition coefficient (Wildman–Crippen LogP) is 0.553. The highest BCUT2D eigenvalue weighted by Crippen LogP contribution is 2.27. The largest absolute Gasteiger partial charge is 0.384 e. The Morgan fingerprint density at radius 2 is 2.07 bits per heavy atom. The van der Waals surface area contributed by atoms with E-state index in [1.54, 1.807) is 16.9 Å². The first-order chi connectivity index (χ1) is 13.5. The molecule has 1 saturated heterocycles. The number of amides is 1. The molecule has 3 aromatic heterocycles. The van der Waals surface area contributed by atoms with Crippen LogP contribution in [0.25, 0.3) is 0 Å². The lowest BCUT2D eigenvalue weighted by molar-refractivity contribution is -0.133. The zero-order valence-corrected chi connectivity index (χ0v) is 16.2. The number of nitrogens with two attached hydrogens (primary N) is 1. The maximum atomic E-state index is 12.6. The Hall–Kier alpha value is -3.17. The lowest BCUT2D eigenvalue weighted by Crippen LogP contribution is -2.40. The van der Waals surface area contributed by atoms with Crippen LogP contribution in [0.3, 0.4) is 0 Å². The van der Waals surface area contributed by atoms with E-state index < -0.39 is 0 Å². The number of rotatable bonds is 5. The standard InChI is InChI=1S/C18H25N9O/c1-13-10-15(19)27(23-13)12-17(28)25-8-4-14(5-9-25)18-22-21-16(24(18)2)11-26-7-3-6-20-26/h3,6-7,10,14H,4-5,8-9,11-12,19H2,1-2H3. The zero-order valence-electron chi connectivity index (χ0n) is 16.2. The molecule has 1 fully saturated rings. The molecule has 4 rings (SSSR count). The van der Waals surface area contributed by atoms with E-state index in [2.05, 4.69) is 25.0 Å². The lowest BCUT2D eigenvalue weighted by Gasteiger charge is -2.31. The second-order valence-electron chi connectivity index (χ2n) is 7.26. The number of piperidine rings is 1. The number of nitrogen functional groups attached to an aromatic ring is 1. The van der Waals surface area contributed by atoms with Gasteiger partial charge in [0.2, 0.25) is 5.91 Å². The second kappa shape index (κ2) is 7.45. The molecule has 0 bridgehead atoms. The quantitative estimate of drug-likeness (QED) is 0.689. The number of carbonyl (C=O) groups is 1. The fraction of sp³-hybridized carbons (Fsp3) is 0.500. The third-order valence-corrected chi connectivity index (χ3v) is 5.29. The third-order valence-electron chi connectivity index (χ3n) is 5.29. The number of anilines is 1. The number of carbonyl (C=O) groups excluding carboxylic acids is 1. The van der Waals surface area contributed by atoms with Crippen LogP contribution in [0.4, 0.5) is 5.82 Å². The first-order valence-electron chi connectivity index (χ1n) is 9.44. The van der Waals surface area contributed by atoms with Crippen LogP contribution in [0.2, 0.25) is 0 Å². The summed E-state index contributed by atoms with van der Waals surface area (Å²) in [4.78, 5) is 14.5. The molecule has 0 spiro atoms. The molecule has 0 atom stereocenters. The molecule has 0 aliphatic carbocycles. The van der Waals surface area contributed by atoms with Crippen molar-refractivity contribution in [1.82, 2.24) is 39.2 Å². The molecule has 28 heavy (non-hydrogen) atoms. The van der Waals surface area contributed by atoms with E-state index >= 15 is 0 Å². The highest BCUT2D eigenvalue weighted by atomic mass is 16.2. The fourth-order valence-corrected chi connectivity index (χ4v) is 3.71. The molecule has 10 heteroatoms. The highest BCUT2D eigenvalue weighted by Gasteiger charge is 2.27. The molecule has 2 N–H and O–H groups in total. The summed E-state index contributed by atoms with van der Waals surface area (Å²) in [7, 11) is 1.99. The van der Waals surface area contributed by atoms with Gasteiger partial charge < -0.3 is 15.2 Å². The van der Waals surface area contributed by atoms with Crippen molar-refractivity contribution in [2.45, 2.75) is 38.8 Å². The summed E-state index contributed by atoms with van der Waals surface area (Å²) < 4.78 is 5.45. The van der Waals surface area contributed by atoms with Crippen LogP contribution in [-0.4, -0.2) is 58.2 Å². The number of aryl methyl sites for hydroxylation is 1. The maximum Gasteiger partial charge on any atom is 0.244 e. The summed E-state index contributed by atoms with van der Waals surface area (Å²) in [6, 6.07) is 3.66. The predicted molar refractivity (Wildman–Crippen MR) is 102 cm³/mol. The number of hydrogen-bond acceptors (Lipinski definition) is 6. The first kappa shape index (κ1) is 18.2. The average Bonchev–Trinajstić information content (AvgIpc) is 3.39. The average molecular weight is 383 g/mol. The van der Waals surface area contributed by atoms with Crippen molar-refractivity contribution in [1.29, 1.82) is 0 Å². The molecule has 0 unspecified atom stereocenters. The summed E-state index contributed by atoms with van der Waals surface area (Å²) in [5.41, 5.74) is 6.71. The van der Waals surface area contributed by atoms with Gasteiger partial charge >= 0.3 is 0 Å².